The first kappa shape index (κ1) is 17.7. The molecule has 0 aromatic carbocycles. The van der Waals surface area contributed by atoms with Crippen LogP contribution in [0.5, 0.6) is 0 Å². The average molecular weight is 345 g/mol. The molecule has 0 atom stereocenters. The monoisotopic (exact) mass is 345 g/mol. The lowest BCUT2D eigenvalue weighted by atomic mass is 10.2. The molecule has 1 aliphatic rings. The summed E-state index contributed by atoms with van der Waals surface area (Å²) in [4.78, 5) is 21.1. The van der Waals surface area contributed by atoms with Crippen molar-refractivity contribution in [3.05, 3.63) is 23.0 Å². The van der Waals surface area contributed by atoms with Gasteiger partial charge < -0.3 is 14.5 Å². The summed E-state index contributed by atoms with van der Waals surface area (Å²) in [6.07, 6.45) is 1.82. The van der Waals surface area contributed by atoms with E-state index < -0.39 is 0 Å². The Bertz CT molecular complexity index is 770. The van der Waals surface area contributed by atoms with E-state index in [1.165, 1.54) is 0 Å². The van der Waals surface area contributed by atoms with Gasteiger partial charge in [-0.3, -0.25) is 4.79 Å². The van der Waals surface area contributed by atoms with Gasteiger partial charge in [0, 0.05) is 50.6 Å². The Morgan fingerprint density at radius 1 is 1.24 bits per heavy atom. The Kier molecular flexibility index (Phi) is 5.22. The van der Waals surface area contributed by atoms with Crippen molar-refractivity contribution in [2.45, 2.75) is 33.6 Å². The van der Waals surface area contributed by atoms with E-state index in [4.69, 9.17) is 9.72 Å². The number of carbonyl (C=O) groups is 1. The van der Waals surface area contributed by atoms with Crippen LogP contribution in [-0.4, -0.2) is 65.3 Å². The molecule has 1 fully saturated rings. The maximum absolute atomic E-state index is 12.1. The van der Waals surface area contributed by atoms with Gasteiger partial charge in [0.25, 0.3) is 0 Å². The third kappa shape index (κ3) is 3.46. The molecule has 0 aliphatic carbocycles. The van der Waals surface area contributed by atoms with Crippen molar-refractivity contribution in [3.63, 3.8) is 0 Å². The molecule has 0 bridgehead atoms. The van der Waals surface area contributed by atoms with E-state index >= 15 is 0 Å². The molecular formula is C18H27N5O2. The van der Waals surface area contributed by atoms with Crippen molar-refractivity contribution < 1.29 is 9.53 Å². The first-order valence-electron chi connectivity index (χ1n) is 8.92. The summed E-state index contributed by atoms with van der Waals surface area (Å²) in [5.74, 6) is 1.13. The van der Waals surface area contributed by atoms with Crippen LogP contribution in [0, 0.1) is 13.8 Å². The summed E-state index contributed by atoms with van der Waals surface area (Å²) >= 11 is 0. The first-order valence-corrected chi connectivity index (χ1v) is 8.92. The molecule has 0 N–H and O–H groups in total. The highest BCUT2D eigenvalue weighted by atomic mass is 16.5. The minimum absolute atomic E-state index is 0.0595. The summed E-state index contributed by atoms with van der Waals surface area (Å²) < 4.78 is 6.94. The Labute approximate surface area is 148 Å². The van der Waals surface area contributed by atoms with Crippen LogP contribution in [0.25, 0.3) is 5.65 Å². The van der Waals surface area contributed by atoms with Gasteiger partial charge >= 0.3 is 0 Å². The Hall–Kier alpha value is -2.15. The average Bonchev–Trinajstić information content (AvgIpc) is 2.80. The van der Waals surface area contributed by atoms with Gasteiger partial charge in [-0.2, -0.15) is 9.61 Å². The van der Waals surface area contributed by atoms with Gasteiger partial charge in [0.1, 0.15) is 12.4 Å². The maximum Gasteiger partial charge on any atom is 0.248 e. The molecule has 0 saturated carbocycles. The Balaban J connectivity index is 1.91. The summed E-state index contributed by atoms with van der Waals surface area (Å²) in [6, 6.07) is 2.13. The van der Waals surface area contributed by atoms with Crippen molar-refractivity contribution in [3.8, 4) is 0 Å². The van der Waals surface area contributed by atoms with Crippen LogP contribution in [0.3, 0.4) is 0 Å². The van der Waals surface area contributed by atoms with Crippen LogP contribution in [0.1, 0.15) is 30.3 Å². The number of aromatic nitrogens is 3. The molecule has 0 unspecified atom stereocenters. The Morgan fingerprint density at radius 2 is 2.04 bits per heavy atom. The molecule has 2 aromatic rings. The van der Waals surface area contributed by atoms with Crippen LogP contribution in [0.15, 0.2) is 6.07 Å². The number of rotatable bonds is 4. The lowest BCUT2D eigenvalue weighted by Crippen LogP contribution is -2.37. The number of methoxy groups -OCH3 is 1. The molecule has 136 valence electrons. The van der Waals surface area contributed by atoms with Crippen LogP contribution in [0.2, 0.25) is 0 Å². The fraction of sp³-hybridized carbons (Fsp3) is 0.611. The lowest BCUT2D eigenvalue weighted by molar-refractivity contribution is -0.134. The third-order valence-corrected chi connectivity index (χ3v) is 4.89. The second kappa shape index (κ2) is 7.39. The van der Waals surface area contributed by atoms with Gasteiger partial charge in [0.15, 0.2) is 5.65 Å². The SMILES string of the molecule is CCc1cc(N2CCCN(C(=O)COC)CC2)n2nc(C)c(C)c2n1. The van der Waals surface area contributed by atoms with Gasteiger partial charge in [0.2, 0.25) is 5.91 Å². The molecule has 0 radical (unpaired) electrons. The molecule has 3 heterocycles. The number of ether oxygens (including phenoxy) is 1. The number of hydrogen-bond donors (Lipinski definition) is 0. The molecule has 2 aromatic heterocycles. The minimum Gasteiger partial charge on any atom is -0.375 e. The third-order valence-electron chi connectivity index (χ3n) is 4.89. The zero-order chi connectivity index (χ0) is 18.0. The topological polar surface area (TPSA) is 63.0 Å². The number of anilines is 1. The lowest BCUT2D eigenvalue weighted by Gasteiger charge is -2.24. The van der Waals surface area contributed by atoms with E-state index in [1.54, 1.807) is 7.11 Å². The van der Waals surface area contributed by atoms with Crippen LogP contribution < -0.4 is 4.90 Å². The first-order chi connectivity index (χ1) is 12.0. The smallest absolute Gasteiger partial charge is 0.248 e. The number of aryl methyl sites for hydroxylation is 3. The highest BCUT2D eigenvalue weighted by molar-refractivity contribution is 5.77. The largest absolute Gasteiger partial charge is 0.375 e. The molecule has 7 heteroatoms. The standard InChI is InChI=1S/C18H27N5O2/c1-5-15-11-16(23-18(19-15)13(2)14(3)20-23)21-7-6-8-22(10-9-21)17(24)12-25-4/h11H,5-10,12H2,1-4H3. The van der Waals surface area contributed by atoms with Gasteiger partial charge in [-0.1, -0.05) is 6.92 Å². The van der Waals surface area contributed by atoms with Gasteiger partial charge in [0.05, 0.1) is 5.69 Å². The van der Waals surface area contributed by atoms with E-state index in [-0.39, 0.29) is 12.5 Å². The predicted octanol–water partition coefficient (Wildman–Crippen LogP) is 1.59. The molecule has 7 nitrogen and oxygen atoms in total. The van der Waals surface area contributed by atoms with Crippen molar-refractivity contribution in [1.82, 2.24) is 19.5 Å². The molecule has 1 aliphatic heterocycles. The number of fused-ring (bicyclic) bond motifs is 1. The van der Waals surface area contributed by atoms with E-state index in [1.807, 2.05) is 16.3 Å². The maximum atomic E-state index is 12.1. The summed E-state index contributed by atoms with van der Waals surface area (Å²) in [5.41, 5.74) is 4.14. The molecule has 1 amide bonds. The van der Waals surface area contributed by atoms with Crippen molar-refractivity contribution in [2.24, 2.45) is 0 Å². The molecule has 3 rings (SSSR count). The second-order valence-electron chi connectivity index (χ2n) is 6.56. The number of amides is 1. The fourth-order valence-corrected chi connectivity index (χ4v) is 3.28. The van der Waals surface area contributed by atoms with Gasteiger partial charge in [-0.05, 0) is 26.7 Å². The molecule has 0 spiro atoms. The van der Waals surface area contributed by atoms with Gasteiger partial charge in [-0.25, -0.2) is 4.98 Å². The van der Waals surface area contributed by atoms with Crippen LogP contribution >= 0.6 is 0 Å². The summed E-state index contributed by atoms with van der Waals surface area (Å²) in [7, 11) is 1.56. The zero-order valence-electron chi connectivity index (χ0n) is 15.6. The minimum atomic E-state index is 0.0595. The highest BCUT2D eigenvalue weighted by Crippen LogP contribution is 2.23. The molecule has 25 heavy (non-hydrogen) atoms. The normalized spacial score (nSPS) is 15.7. The molecular weight excluding hydrogens is 318 g/mol. The summed E-state index contributed by atoms with van der Waals surface area (Å²) in [6.45, 7) is 9.52. The van der Waals surface area contributed by atoms with E-state index in [0.717, 1.165) is 60.9 Å². The fourth-order valence-electron chi connectivity index (χ4n) is 3.28. The quantitative estimate of drug-likeness (QED) is 0.842. The van der Waals surface area contributed by atoms with E-state index in [2.05, 4.69) is 29.9 Å². The van der Waals surface area contributed by atoms with Crippen molar-refractivity contribution >= 4 is 17.4 Å². The summed E-state index contributed by atoms with van der Waals surface area (Å²) in [5, 5.41) is 4.69. The van der Waals surface area contributed by atoms with Crippen molar-refractivity contribution in [2.75, 3.05) is 44.8 Å². The number of hydrogen-bond acceptors (Lipinski definition) is 5. The Morgan fingerprint density at radius 3 is 2.76 bits per heavy atom. The molecule has 1 saturated heterocycles. The zero-order valence-corrected chi connectivity index (χ0v) is 15.6. The highest BCUT2D eigenvalue weighted by Gasteiger charge is 2.22. The van der Waals surface area contributed by atoms with E-state index in [9.17, 15) is 4.79 Å². The second-order valence-corrected chi connectivity index (χ2v) is 6.56. The number of carbonyl (C=O) groups excluding carboxylic acids is 1. The van der Waals surface area contributed by atoms with Crippen LogP contribution in [0.4, 0.5) is 5.82 Å². The van der Waals surface area contributed by atoms with Crippen LogP contribution in [-0.2, 0) is 16.0 Å². The predicted molar refractivity (Wildman–Crippen MR) is 97.1 cm³/mol. The van der Waals surface area contributed by atoms with E-state index in [0.29, 0.717) is 6.54 Å². The number of nitrogens with zero attached hydrogens (tertiary/aromatic N) is 5. The van der Waals surface area contributed by atoms with Crippen molar-refractivity contribution in [1.29, 1.82) is 0 Å². The van der Waals surface area contributed by atoms with Gasteiger partial charge in [-0.15, -0.1) is 0 Å².